The molecule has 4 unspecified atom stereocenters. The minimum atomic E-state index is -2.13. The fraction of sp³-hybridized carbons (Fsp3) is 0.333. The summed E-state index contributed by atoms with van der Waals surface area (Å²) in [6.45, 7) is 3.69. The summed E-state index contributed by atoms with van der Waals surface area (Å²) < 4.78 is 32.4. The zero-order chi connectivity index (χ0) is 24.0. The maximum Gasteiger partial charge on any atom is 0.244 e. The summed E-state index contributed by atoms with van der Waals surface area (Å²) in [6.07, 6.45) is -1.32. The van der Waals surface area contributed by atoms with Gasteiger partial charge in [-0.15, -0.1) is 0 Å². The van der Waals surface area contributed by atoms with E-state index in [0.717, 1.165) is 0 Å². The van der Waals surface area contributed by atoms with Crippen LogP contribution in [-0.2, 0) is 15.3 Å². The van der Waals surface area contributed by atoms with Gasteiger partial charge in [0.1, 0.15) is 17.7 Å². The summed E-state index contributed by atoms with van der Waals surface area (Å²) in [5.74, 6) is -3.30. The van der Waals surface area contributed by atoms with Gasteiger partial charge in [0.2, 0.25) is 17.1 Å². The molecule has 2 fully saturated rings. The number of ether oxygens (including phenoxy) is 3. The first kappa shape index (κ1) is 22.7. The molecular weight excluding hydrogens is 491 g/mol. The molecule has 0 amide bonds. The topological polar surface area (TPSA) is 123 Å². The Labute approximate surface area is 198 Å². The van der Waals surface area contributed by atoms with Crippen LogP contribution in [0.4, 0.5) is 4.39 Å². The predicted octanol–water partition coefficient (Wildman–Crippen LogP) is 5.10. The molecule has 2 heterocycles. The van der Waals surface area contributed by atoms with Gasteiger partial charge >= 0.3 is 0 Å². The third-order valence-corrected chi connectivity index (χ3v) is 6.96. The Morgan fingerprint density at radius 3 is 2.36 bits per heavy atom. The van der Waals surface area contributed by atoms with Crippen molar-refractivity contribution in [2.75, 3.05) is 6.61 Å². The zero-order valence-corrected chi connectivity index (χ0v) is 19.3. The van der Waals surface area contributed by atoms with E-state index in [0.29, 0.717) is 28.0 Å². The van der Waals surface area contributed by atoms with Crippen LogP contribution in [0.2, 0.25) is 0 Å². The van der Waals surface area contributed by atoms with Gasteiger partial charge < -0.3 is 14.2 Å². The zero-order valence-electron chi connectivity index (χ0n) is 17.7. The van der Waals surface area contributed by atoms with E-state index in [4.69, 9.17) is 19.6 Å². The minimum absolute atomic E-state index is 0.308. The van der Waals surface area contributed by atoms with E-state index in [-0.39, 0.29) is 0 Å². The van der Waals surface area contributed by atoms with Gasteiger partial charge in [0.25, 0.3) is 0 Å². The molecule has 4 atom stereocenters. The van der Waals surface area contributed by atoms with E-state index >= 15 is 0 Å². The third-order valence-electron chi connectivity index (χ3n) is 6.47. The number of hydrogen-bond acceptors (Lipinski definition) is 7. The molecule has 4 rings (SSSR count). The van der Waals surface area contributed by atoms with E-state index in [1.54, 1.807) is 32.0 Å². The van der Waals surface area contributed by atoms with Crippen molar-refractivity contribution in [2.45, 2.75) is 25.7 Å². The number of halogens is 2. The van der Waals surface area contributed by atoms with Crippen molar-refractivity contribution in [3.8, 4) is 24.0 Å². The lowest BCUT2D eigenvalue weighted by Gasteiger charge is -2.49. The number of nitriles is 3. The fourth-order valence-electron chi connectivity index (χ4n) is 4.84. The summed E-state index contributed by atoms with van der Waals surface area (Å²) in [5.41, 5.74) is -3.38. The molecule has 2 bridgehead atoms. The molecule has 9 heteroatoms. The second kappa shape index (κ2) is 7.85. The van der Waals surface area contributed by atoms with Crippen LogP contribution in [0, 0.1) is 62.0 Å². The highest BCUT2D eigenvalue weighted by Crippen LogP contribution is 2.69. The molecule has 2 aromatic rings. The Kier molecular flexibility index (Phi) is 5.41. The van der Waals surface area contributed by atoms with Gasteiger partial charge in [-0.3, -0.25) is 5.41 Å². The molecule has 0 aliphatic carbocycles. The van der Waals surface area contributed by atoms with Crippen molar-refractivity contribution >= 4 is 21.8 Å². The van der Waals surface area contributed by atoms with E-state index in [1.165, 1.54) is 24.3 Å². The van der Waals surface area contributed by atoms with Crippen LogP contribution < -0.4 is 4.74 Å². The number of rotatable bonds is 4. The monoisotopic (exact) mass is 508 g/mol. The van der Waals surface area contributed by atoms with Gasteiger partial charge in [-0.05, 0) is 49.4 Å². The Morgan fingerprint density at radius 2 is 1.79 bits per heavy atom. The Hall–Kier alpha value is -3.45. The second-order valence-electron chi connectivity index (χ2n) is 7.89. The van der Waals surface area contributed by atoms with Crippen LogP contribution in [0.3, 0.4) is 0 Å². The first-order valence-corrected chi connectivity index (χ1v) is 10.9. The first-order valence-electron chi connectivity index (χ1n) is 10.1. The normalized spacial score (nSPS) is 29.3. The summed E-state index contributed by atoms with van der Waals surface area (Å²) in [7, 11) is 0. The lowest BCUT2D eigenvalue weighted by Crippen LogP contribution is -2.57. The highest BCUT2D eigenvalue weighted by atomic mass is 79.9. The van der Waals surface area contributed by atoms with Crippen molar-refractivity contribution in [3.05, 3.63) is 63.9 Å². The molecule has 0 radical (unpaired) electrons. The average molecular weight is 509 g/mol. The molecule has 7 nitrogen and oxygen atoms in total. The lowest BCUT2D eigenvalue weighted by molar-refractivity contribution is -0.288. The van der Waals surface area contributed by atoms with E-state index in [9.17, 15) is 20.2 Å². The summed E-state index contributed by atoms with van der Waals surface area (Å²) >= 11 is 3.40. The number of nitrogens with zero attached hydrogens (tertiary/aromatic N) is 3. The molecule has 0 spiro atoms. The van der Waals surface area contributed by atoms with Crippen molar-refractivity contribution in [2.24, 2.45) is 16.7 Å². The molecule has 166 valence electrons. The maximum absolute atomic E-state index is 13.7. The predicted molar refractivity (Wildman–Crippen MR) is 117 cm³/mol. The first-order chi connectivity index (χ1) is 15.8. The fourth-order valence-corrected chi connectivity index (χ4v) is 5.22. The van der Waals surface area contributed by atoms with Crippen molar-refractivity contribution in [1.29, 1.82) is 21.2 Å². The molecule has 2 aromatic carbocycles. The highest BCUT2D eigenvalue weighted by Gasteiger charge is 2.80. The molecular formula is C24H18BrFN4O3. The Morgan fingerprint density at radius 1 is 1.12 bits per heavy atom. The average Bonchev–Trinajstić information content (AvgIpc) is 2.97. The van der Waals surface area contributed by atoms with Crippen molar-refractivity contribution < 1.29 is 18.6 Å². The van der Waals surface area contributed by atoms with Crippen molar-refractivity contribution in [1.82, 2.24) is 0 Å². The summed E-state index contributed by atoms with van der Waals surface area (Å²) in [4.78, 5) is 0. The standard InChI is InChI=1S/C24H18BrFN4O3/c1-3-31-19-9-6-16(25)10-18(19)20-22(11-27,12-28)23(13-29)14(2)24(32-20,33-21(23)30)15-4-7-17(26)8-5-15/h4-10,14,20,30H,3H2,1-2H3. The van der Waals surface area contributed by atoms with Gasteiger partial charge in [0, 0.05) is 15.6 Å². The molecule has 2 aliphatic rings. The third kappa shape index (κ3) is 2.82. The van der Waals surface area contributed by atoms with Gasteiger partial charge in [-0.2, -0.15) is 15.8 Å². The second-order valence-corrected chi connectivity index (χ2v) is 8.81. The molecule has 2 saturated heterocycles. The molecule has 1 N–H and O–H groups in total. The van der Waals surface area contributed by atoms with E-state index in [1.807, 2.05) is 12.1 Å². The van der Waals surface area contributed by atoms with Crippen LogP contribution in [-0.4, -0.2) is 12.5 Å². The number of hydrogen-bond donors (Lipinski definition) is 1. The number of benzene rings is 2. The van der Waals surface area contributed by atoms with Crippen LogP contribution >= 0.6 is 15.9 Å². The lowest BCUT2D eigenvalue weighted by atomic mass is 9.53. The van der Waals surface area contributed by atoms with Crippen LogP contribution in [0.15, 0.2) is 46.9 Å². The number of nitrogens with one attached hydrogen (secondary N) is 1. The van der Waals surface area contributed by atoms with E-state index < -0.39 is 40.4 Å². The van der Waals surface area contributed by atoms with Gasteiger partial charge in [-0.1, -0.05) is 22.9 Å². The quantitative estimate of drug-likeness (QED) is 0.612. The highest BCUT2D eigenvalue weighted by molar-refractivity contribution is 9.10. The van der Waals surface area contributed by atoms with E-state index in [2.05, 4.69) is 22.0 Å². The van der Waals surface area contributed by atoms with Crippen LogP contribution in [0.1, 0.15) is 31.1 Å². The Bertz CT molecular complexity index is 1250. The largest absolute Gasteiger partial charge is 0.493 e. The molecule has 33 heavy (non-hydrogen) atoms. The smallest absolute Gasteiger partial charge is 0.244 e. The molecule has 0 saturated carbocycles. The van der Waals surface area contributed by atoms with Gasteiger partial charge in [0.05, 0.1) is 30.7 Å². The molecule has 0 aromatic heterocycles. The minimum Gasteiger partial charge on any atom is -0.493 e. The Balaban J connectivity index is 2.06. The van der Waals surface area contributed by atoms with Gasteiger partial charge in [0.15, 0.2) is 5.41 Å². The maximum atomic E-state index is 13.7. The summed E-state index contributed by atoms with van der Waals surface area (Å²) in [6, 6.07) is 16.5. The summed E-state index contributed by atoms with van der Waals surface area (Å²) in [5, 5.41) is 39.7. The van der Waals surface area contributed by atoms with Gasteiger partial charge in [-0.25, -0.2) is 4.39 Å². The molecule has 2 aliphatic heterocycles. The van der Waals surface area contributed by atoms with Crippen molar-refractivity contribution in [3.63, 3.8) is 0 Å². The SMILES string of the molecule is CCOc1ccc(Br)cc1C1OC2(c3ccc(F)cc3)OC(=N)C(C#N)(C2C)C1(C#N)C#N. The number of fused-ring (bicyclic) bond motifs is 2. The van der Waals surface area contributed by atoms with Crippen LogP contribution in [0.5, 0.6) is 5.75 Å². The van der Waals surface area contributed by atoms with Crippen LogP contribution in [0.25, 0.3) is 0 Å².